The van der Waals surface area contributed by atoms with Gasteiger partial charge in [-0.3, -0.25) is 9.36 Å². The predicted octanol–water partition coefficient (Wildman–Crippen LogP) is 2.99. The molecular weight excluding hydrogens is 258 g/mol. The van der Waals surface area contributed by atoms with Crippen molar-refractivity contribution in [3.05, 3.63) is 56.7 Å². The number of nitrogens with zero attached hydrogens (tertiary/aromatic N) is 1. The SMILES string of the molecule is Cc1ccc(-n2c(=S)[nH]c3cc(C)[nH]c3c2=O)cc1. The molecule has 0 aliphatic carbocycles. The molecule has 1 aromatic carbocycles. The van der Waals surface area contributed by atoms with E-state index in [0.717, 1.165) is 22.5 Å². The Hall–Kier alpha value is -2.14. The third-order valence-electron chi connectivity index (χ3n) is 3.11. The van der Waals surface area contributed by atoms with Crippen LogP contribution in [0.15, 0.2) is 35.1 Å². The van der Waals surface area contributed by atoms with Crippen LogP contribution in [-0.4, -0.2) is 14.5 Å². The second kappa shape index (κ2) is 4.20. The Morgan fingerprint density at radius 2 is 1.79 bits per heavy atom. The number of aromatic nitrogens is 3. The summed E-state index contributed by atoms with van der Waals surface area (Å²) in [6.07, 6.45) is 0. The minimum Gasteiger partial charge on any atom is -0.353 e. The molecule has 3 rings (SSSR count). The van der Waals surface area contributed by atoms with Crippen LogP contribution in [0.2, 0.25) is 0 Å². The normalized spacial score (nSPS) is 11.1. The van der Waals surface area contributed by atoms with Gasteiger partial charge in [-0.25, -0.2) is 0 Å². The predicted molar refractivity (Wildman–Crippen MR) is 78.6 cm³/mol. The molecule has 19 heavy (non-hydrogen) atoms. The smallest absolute Gasteiger partial charge is 0.283 e. The van der Waals surface area contributed by atoms with Gasteiger partial charge in [0, 0.05) is 5.69 Å². The van der Waals surface area contributed by atoms with Crippen molar-refractivity contribution in [2.24, 2.45) is 0 Å². The summed E-state index contributed by atoms with van der Waals surface area (Å²) in [5.41, 5.74) is 4.01. The zero-order valence-corrected chi connectivity index (χ0v) is 11.5. The molecule has 3 aromatic rings. The molecule has 0 atom stereocenters. The van der Waals surface area contributed by atoms with Gasteiger partial charge in [0.25, 0.3) is 5.56 Å². The second-order valence-corrected chi connectivity index (χ2v) is 5.03. The van der Waals surface area contributed by atoms with Crippen molar-refractivity contribution in [1.82, 2.24) is 14.5 Å². The first-order valence-corrected chi connectivity index (χ1v) is 6.39. The molecule has 0 spiro atoms. The van der Waals surface area contributed by atoms with E-state index in [1.807, 2.05) is 44.2 Å². The molecule has 0 aliphatic heterocycles. The number of aryl methyl sites for hydroxylation is 2. The van der Waals surface area contributed by atoms with Crippen LogP contribution in [0.4, 0.5) is 0 Å². The van der Waals surface area contributed by atoms with Gasteiger partial charge in [-0.2, -0.15) is 0 Å². The first kappa shape index (κ1) is 11.9. The highest BCUT2D eigenvalue weighted by Gasteiger charge is 2.09. The highest BCUT2D eigenvalue weighted by Crippen LogP contribution is 2.12. The lowest BCUT2D eigenvalue weighted by atomic mass is 10.2. The molecule has 0 fully saturated rings. The maximum atomic E-state index is 12.5. The number of H-pyrrole nitrogens is 2. The molecule has 4 nitrogen and oxygen atoms in total. The molecule has 0 aliphatic rings. The van der Waals surface area contributed by atoms with Crippen LogP contribution in [0.1, 0.15) is 11.3 Å². The van der Waals surface area contributed by atoms with Crippen LogP contribution in [0.5, 0.6) is 0 Å². The Morgan fingerprint density at radius 3 is 2.47 bits per heavy atom. The molecule has 2 aromatic heterocycles. The van der Waals surface area contributed by atoms with Crippen molar-refractivity contribution in [2.75, 3.05) is 0 Å². The fourth-order valence-corrected chi connectivity index (χ4v) is 2.46. The second-order valence-electron chi connectivity index (χ2n) is 4.65. The van der Waals surface area contributed by atoms with Gasteiger partial charge in [0.1, 0.15) is 5.52 Å². The number of fused-ring (bicyclic) bond motifs is 1. The fraction of sp³-hybridized carbons (Fsp3) is 0.143. The van der Waals surface area contributed by atoms with Gasteiger partial charge in [-0.05, 0) is 44.3 Å². The number of rotatable bonds is 1. The van der Waals surface area contributed by atoms with Gasteiger partial charge >= 0.3 is 0 Å². The molecule has 5 heteroatoms. The minimum absolute atomic E-state index is 0.129. The molecule has 2 N–H and O–H groups in total. The van der Waals surface area contributed by atoms with Gasteiger partial charge in [0.05, 0.1) is 11.2 Å². The average Bonchev–Trinajstić information content (AvgIpc) is 2.72. The Bertz CT molecular complexity index is 868. The van der Waals surface area contributed by atoms with Crippen molar-refractivity contribution in [2.45, 2.75) is 13.8 Å². The summed E-state index contributed by atoms with van der Waals surface area (Å²) >= 11 is 5.28. The molecule has 0 bridgehead atoms. The third-order valence-corrected chi connectivity index (χ3v) is 3.39. The highest BCUT2D eigenvalue weighted by atomic mass is 32.1. The Kier molecular flexibility index (Phi) is 2.64. The highest BCUT2D eigenvalue weighted by molar-refractivity contribution is 7.71. The molecule has 0 radical (unpaired) electrons. The van der Waals surface area contributed by atoms with Crippen molar-refractivity contribution >= 4 is 23.3 Å². The van der Waals surface area contributed by atoms with E-state index in [9.17, 15) is 4.79 Å². The molecule has 0 unspecified atom stereocenters. The van der Waals surface area contributed by atoms with Crippen LogP contribution in [0, 0.1) is 18.6 Å². The number of hydrogen-bond donors (Lipinski definition) is 2. The maximum absolute atomic E-state index is 12.5. The zero-order valence-electron chi connectivity index (χ0n) is 10.7. The van der Waals surface area contributed by atoms with E-state index in [0.29, 0.717) is 10.3 Å². The van der Waals surface area contributed by atoms with Crippen molar-refractivity contribution < 1.29 is 0 Å². The Morgan fingerprint density at radius 1 is 1.11 bits per heavy atom. The van der Waals surface area contributed by atoms with Crippen LogP contribution >= 0.6 is 12.2 Å². The Labute approximate surface area is 114 Å². The first-order chi connectivity index (χ1) is 9.06. The molecule has 2 heterocycles. The van der Waals surface area contributed by atoms with Crippen molar-refractivity contribution in [3.63, 3.8) is 0 Å². The van der Waals surface area contributed by atoms with E-state index >= 15 is 0 Å². The molecule has 0 amide bonds. The summed E-state index contributed by atoms with van der Waals surface area (Å²) in [4.78, 5) is 18.6. The molecule has 0 saturated heterocycles. The van der Waals surface area contributed by atoms with Crippen LogP contribution < -0.4 is 5.56 Å². The number of benzene rings is 1. The fourth-order valence-electron chi connectivity index (χ4n) is 2.16. The molecular formula is C14H13N3OS. The Balaban J connectivity index is 2.38. The summed E-state index contributed by atoms with van der Waals surface area (Å²) in [7, 11) is 0. The number of aromatic amines is 2. The summed E-state index contributed by atoms with van der Waals surface area (Å²) in [5, 5.41) is 0. The lowest BCUT2D eigenvalue weighted by molar-refractivity contribution is 0.936. The van der Waals surface area contributed by atoms with E-state index < -0.39 is 0 Å². The van der Waals surface area contributed by atoms with Gasteiger partial charge in [0.15, 0.2) is 4.77 Å². The van der Waals surface area contributed by atoms with Gasteiger partial charge in [0.2, 0.25) is 0 Å². The van der Waals surface area contributed by atoms with Crippen LogP contribution in [-0.2, 0) is 0 Å². The summed E-state index contributed by atoms with van der Waals surface area (Å²) < 4.78 is 1.91. The van der Waals surface area contributed by atoms with Gasteiger partial charge in [-0.15, -0.1) is 0 Å². The molecule has 0 saturated carbocycles. The van der Waals surface area contributed by atoms with E-state index in [1.165, 1.54) is 4.57 Å². The lowest BCUT2D eigenvalue weighted by Crippen LogP contribution is -2.20. The van der Waals surface area contributed by atoms with E-state index in [1.54, 1.807) is 0 Å². The summed E-state index contributed by atoms with van der Waals surface area (Å²) in [5.74, 6) is 0. The van der Waals surface area contributed by atoms with Crippen LogP contribution in [0.25, 0.3) is 16.7 Å². The molecule has 96 valence electrons. The lowest BCUT2D eigenvalue weighted by Gasteiger charge is -2.06. The standard InChI is InChI=1S/C14H13N3OS/c1-8-3-5-10(6-4-8)17-13(18)12-11(16-14(17)19)7-9(2)15-12/h3-7,15H,1-2H3,(H,16,19). The van der Waals surface area contributed by atoms with Crippen molar-refractivity contribution in [1.29, 1.82) is 0 Å². The van der Waals surface area contributed by atoms with Gasteiger partial charge in [-0.1, -0.05) is 17.7 Å². The zero-order chi connectivity index (χ0) is 13.6. The van der Waals surface area contributed by atoms with E-state index in [4.69, 9.17) is 12.2 Å². The number of nitrogens with one attached hydrogen (secondary N) is 2. The van der Waals surface area contributed by atoms with Crippen LogP contribution in [0.3, 0.4) is 0 Å². The minimum atomic E-state index is -0.129. The van der Waals surface area contributed by atoms with E-state index in [-0.39, 0.29) is 5.56 Å². The third kappa shape index (κ3) is 1.92. The maximum Gasteiger partial charge on any atom is 0.283 e. The quantitative estimate of drug-likeness (QED) is 0.668. The van der Waals surface area contributed by atoms with E-state index in [2.05, 4.69) is 9.97 Å². The largest absolute Gasteiger partial charge is 0.353 e. The summed E-state index contributed by atoms with van der Waals surface area (Å²) in [6.45, 7) is 3.91. The average molecular weight is 271 g/mol. The summed E-state index contributed by atoms with van der Waals surface area (Å²) in [6, 6.07) is 9.58. The number of hydrogen-bond acceptors (Lipinski definition) is 2. The topological polar surface area (TPSA) is 53.6 Å². The first-order valence-electron chi connectivity index (χ1n) is 5.98. The van der Waals surface area contributed by atoms with Gasteiger partial charge < -0.3 is 9.97 Å². The van der Waals surface area contributed by atoms with Crippen molar-refractivity contribution in [3.8, 4) is 5.69 Å². The monoisotopic (exact) mass is 271 g/mol.